The summed E-state index contributed by atoms with van der Waals surface area (Å²) in [5.41, 5.74) is 3.19. The molecule has 0 amide bonds. The zero-order chi connectivity index (χ0) is 14.7. The predicted octanol–water partition coefficient (Wildman–Crippen LogP) is 3.32. The Labute approximate surface area is 128 Å². The van der Waals surface area contributed by atoms with Crippen molar-refractivity contribution in [1.82, 2.24) is 4.90 Å². The summed E-state index contributed by atoms with van der Waals surface area (Å²) in [4.78, 5) is 5.11. The van der Waals surface area contributed by atoms with Gasteiger partial charge in [-0.2, -0.15) is 5.26 Å². The SMILES string of the molecule is Cc1ccc(C#N)c(N2CCC(N3CCCCC3)CC2)c1. The van der Waals surface area contributed by atoms with E-state index in [1.165, 1.54) is 50.8 Å². The number of hydrogen-bond donors (Lipinski definition) is 0. The van der Waals surface area contributed by atoms with E-state index >= 15 is 0 Å². The Bertz CT molecular complexity index is 518. The smallest absolute Gasteiger partial charge is 0.101 e. The van der Waals surface area contributed by atoms with Crippen LogP contribution < -0.4 is 4.90 Å². The number of nitriles is 1. The quantitative estimate of drug-likeness (QED) is 0.834. The highest BCUT2D eigenvalue weighted by Gasteiger charge is 2.26. The maximum Gasteiger partial charge on any atom is 0.101 e. The number of piperidine rings is 2. The molecule has 0 radical (unpaired) electrons. The van der Waals surface area contributed by atoms with Crippen LogP contribution in [0.15, 0.2) is 18.2 Å². The maximum atomic E-state index is 9.31. The molecule has 0 spiro atoms. The zero-order valence-corrected chi connectivity index (χ0v) is 13.0. The van der Waals surface area contributed by atoms with Gasteiger partial charge < -0.3 is 9.80 Å². The molecular formula is C18H25N3. The van der Waals surface area contributed by atoms with Crippen LogP contribution in [0.5, 0.6) is 0 Å². The van der Waals surface area contributed by atoms with Crippen LogP contribution in [0.3, 0.4) is 0 Å². The Kier molecular flexibility index (Phi) is 4.45. The molecule has 0 atom stereocenters. The summed E-state index contributed by atoms with van der Waals surface area (Å²) in [7, 11) is 0. The van der Waals surface area contributed by atoms with Crippen molar-refractivity contribution in [2.75, 3.05) is 31.1 Å². The van der Waals surface area contributed by atoms with E-state index in [1.54, 1.807) is 0 Å². The average molecular weight is 283 g/mol. The first-order chi connectivity index (χ1) is 10.3. The summed E-state index contributed by atoms with van der Waals surface area (Å²) in [6.45, 7) is 6.85. The number of nitrogens with zero attached hydrogens (tertiary/aromatic N) is 3. The summed E-state index contributed by atoms with van der Waals surface area (Å²) in [6.07, 6.45) is 6.62. The molecule has 1 aromatic rings. The topological polar surface area (TPSA) is 30.3 Å². The molecule has 0 saturated carbocycles. The average Bonchev–Trinajstić information content (AvgIpc) is 2.56. The predicted molar refractivity (Wildman–Crippen MR) is 86.6 cm³/mol. The van der Waals surface area contributed by atoms with Gasteiger partial charge in [0.1, 0.15) is 6.07 Å². The highest BCUT2D eigenvalue weighted by Crippen LogP contribution is 2.27. The molecule has 1 aromatic carbocycles. The fourth-order valence-electron chi connectivity index (χ4n) is 3.75. The minimum absolute atomic E-state index is 0.761. The second-order valence-corrected chi connectivity index (χ2v) is 6.45. The molecule has 0 aromatic heterocycles. The summed E-state index contributed by atoms with van der Waals surface area (Å²) < 4.78 is 0. The third-order valence-corrected chi connectivity index (χ3v) is 4.99. The van der Waals surface area contributed by atoms with Crippen molar-refractivity contribution in [2.45, 2.75) is 45.1 Å². The van der Waals surface area contributed by atoms with E-state index in [0.29, 0.717) is 0 Å². The van der Waals surface area contributed by atoms with Crippen LogP contribution in [0, 0.1) is 18.3 Å². The highest BCUT2D eigenvalue weighted by atomic mass is 15.2. The molecule has 2 saturated heterocycles. The van der Waals surface area contributed by atoms with E-state index in [9.17, 15) is 5.26 Å². The first-order valence-corrected chi connectivity index (χ1v) is 8.27. The number of anilines is 1. The van der Waals surface area contributed by atoms with E-state index in [0.717, 1.165) is 30.4 Å². The molecule has 2 aliphatic rings. The lowest BCUT2D eigenvalue weighted by atomic mass is 9.98. The molecule has 2 heterocycles. The Hall–Kier alpha value is -1.53. The third kappa shape index (κ3) is 3.22. The number of hydrogen-bond acceptors (Lipinski definition) is 3. The number of aryl methyl sites for hydroxylation is 1. The maximum absolute atomic E-state index is 9.31. The Balaban J connectivity index is 1.65. The van der Waals surface area contributed by atoms with Crippen LogP contribution in [0.1, 0.15) is 43.2 Å². The molecule has 0 aliphatic carbocycles. The Morgan fingerprint density at radius 3 is 2.43 bits per heavy atom. The van der Waals surface area contributed by atoms with Gasteiger partial charge in [0.25, 0.3) is 0 Å². The molecule has 112 valence electrons. The number of rotatable bonds is 2. The van der Waals surface area contributed by atoms with Gasteiger partial charge in [-0.1, -0.05) is 12.5 Å². The number of benzene rings is 1. The highest BCUT2D eigenvalue weighted by molar-refractivity contribution is 5.60. The molecule has 0 N–H and O–H groups in total. The molecular weight excluding hydrogens is 258 g/mol. The summed E-state index contributed by atoms with van der Waals surface area (Å²) in [6, 6.07) is 9.26. The van der Waals surface area contributed by atoms with Gasteiger partial charge in [-0.15, -0.1) is 0 Å². The standard InChI is InChI=1S/C18H25N3/c1-15-5-6-16(14-19)18(13-15)21-11-7-17(8-12-21)20-9-3-2-4-10-20/h5-6,13,17H,2-4,7-12H2,1H3. The van der Waals surface area contributed by atoms with Crippen molar-refractivity contribution in [3.05, 3.63) is 29.3 Å². The molecule has 3 heteroatoms. The van der Waals surface area contributed by atoms with Gasteiger partial charge in [-0.05, 0) is 63.4 Å². The summed E-state index contributed by atoms with van der Waals surface area (Å²) in [5.74, 6) is 0. The fraction of sp³-hybridized carbons (Fsp3) is 0.611. The van der Waals surface area contributed by atoms with E-state index in [1.807, 2.05) is 12.1 Å². The van der Waals surface area contributed by atoms with Gasteiger partial charge in [0.2, 0.25) is 0 Å². The second kappa shape index (κ2) is 6.49. The van der Waals surface area contributed by atoms with Gasteiger partial charge >= 0.3 is 0 Å². The van der Waals surface area contributed by atoms with Gasteiger partial charge in [0.05, 0.1) is 11.3 Å². The lowest BCUT2D eigenvalue weighted by Gasteiger charge is -2.41. The lowest BCUT2D eigenvalue weighted by molar-refractivity contribution is 0.141. The van der Waals surface area contributed by atoms with E-state index < -0.39 is 0 Å². The van der Waals surface area contributed by atoms with Crippen LogP contribution in [-0.4, -0.2) is 37.1 Å². The van der Waals surface area contributed by atoms with Crippen molar-refractivity contribution >= 4 is 5.69 Å². The molecule has 2 aliphatic heterocycles. The van der Waals surface area contributed by atoms with Crippen molar-refractivity contribution in [1.29, 1.82) is 5.26 Å². The zero-order valence-electron chi connectivity index (χ0n) is 13.0. The fourth-order valence-corrected chi connectivity index (χ4v) is 3.75. The Morgan fingerprint density at radius 1 is 1.05 bits per heavy atom. The first-order valence-electron chi connectivity index (χ1n) is 8.27. The van der Waals surface area contributed by atoms with Crippen molar-refractivity contribution in [2.24, 2.45) is 0 Å². The molecule has 21 heavy (non-hydrogen) atoms. The van der Waals surface area contributed by atoms with Gasteiger partial charge in [-0.3, -0.25) is 0 Å². The lowest BCUT2D eigenvalue weighted by Crippen LogP contribution is -2.46. The van der Waals surface area contributed by atoms with E-state index in [4.69, 9.17) is 0 Å². The molecule has 0 unspecified atom stereocenters. The van der Waals surface area contributed by atoms with E-state index in [2.05, 4.69) is 28.9 Å². The largest absolute Gasteiger partial charge is 0.370 e. The minimum atomic E-state index is 0.761. The van der Waals surface area contributed by atoms with Crippen LogP contribution in [0.2, 0.25) is 0 Å². The van der Waals surface area contributed by atoms with Gasteiger partial charge in [-0.25, -0.2) is 0 Å². The summed E-state index contributed by atoms with van der Waals surface area (Å²) >= 11 is 0. The second-order valence-electron chi connectivity index (χ2n) is 6.45. The molecule has 2 fully saturated rings. The summed E-state index contributed by atoms with van der Waals surface area (Å²) in [5, 5.41) is 9.31. The van der Waals surface area contributed by atoms with Crippen molar-refractivity contribution < 1.29 is 0 Å². The van der Waals surface area contributed by atoms with Crippen LogP contribution in [-0.2, 0) is 0 Å². The van der Waals surface area contributed by atoms with Crippen LogP contribution >= 0.6 is 0 Å². The van der Waals surface area contributed by atoms with Crippen molar-refractivity contribution in [3.8, 4) is 6.07 Å². The third-order valence-electron chi connectivity index (χ3n) is 4.99. The normalized spacial score (nSPS) is 21.2. The minimum Gasteiger partial charge on any atom is -0.370 e. The first kappa shape index (κ1) is 14.4. The van der Waals surface area contributed by atoms with Gasteiger partial charge in [0.15, 0.2) is 0 Å². The number of likely N-dealkylation sites (tertiary alicyclic amines) is 1. The Morgan fingerprint density at radius 2 is 1.76 bits per heavy atom. The van der Waals surface area contributed by atoms with Crippen LogP contribution in [0.4, 0.5) is 5.69 Å². The van der Waals surface area contributed by atoms with Gasteiger partial charge in [0, 0.05) is 19.1 Å². The molecule has 3 nitrogen and oxygen atoms in total. The molecule has 3 rings (SSSR count). The monoisotopic (exact) mass is 283 g/mol. The van der Waals surface area contributed by atoms with Crippen LogP contribution in [0.25, 0.3) is 0 Å². The molecule has 0 bridgehead atoms. The van der Waals surface area contributed by atoms with E-state index in [-0.39, 0.29) is 0 Å². The van der Waals surface area contributed by atoms with Crippen molar-refractivity contribution in [3.63, 3.8) is 0 Å².